The van der Waals surface area contributed by atoms with Crippen molar-refractivity contribution in [3.8, 4) is 5.75 Å². The summed E-state index contributed by atoms with van der Waals surface area (Å²) in [4.78, 5) is 20.0. The molecular formula is C18H25N5O2. The Hall–Kier alpha value is -2.83. The Morgan fingerprint density at radius 2 is 1.88 bits per heavy atom. The van der Waals surface area contributed by atoms with Gasteiger partial charge in [0.1, 0.15) is 5.75 Å². The molecule has 3 N–H and O–H groups in total. The second-order valence-corrected chi connectivity index (χ2v) is 5.69. The van der Waals surface area contributed by atoms with E-state index in [1.54, 1.807) is 25.6 Å². The first-order valence-electron chi connectivity index (χ1n) is 8.35. The van der Waals surface area contributed by atoms with Crippen LogP contribution < -0.4 is 20.7 Å². The normalized spacial score (nSPS) is 11.4. The minimum Gasteiger partial charge on any atom is -0.497 e. The number of urea groups is 1. The second kappa shape index (κ2) is 10.1. The Kier molecular flexibility index (Phi) is 7.49. The van der Waals surface area contributed by atoms with E-state index in [4.69, 9.17) is 4.74 Å². The maximum Gasteiger partial charge on any atom is 0.315 e. The number of aromatic nitrogens is 2. The Morgan fingerprint density at radius 1 is 1.16 bits per heavy atom. The first-order chi connectivity index (χ1) is 12.2. The van der Waals surface area contributed by atoms with Gasteiger partial charge >= 0.3 is 6.03 Å². The molecule has 7 nitrogen and oxygen atoms in total. The fourth-order valence-electron chi connectivity index (χ4n) is 2.26. The molecule has 2 rings (SSSR count). The lowest BCUT2D eigenvalue weighted by atomic mass is 10.1. The smallest absolute Gasteiger partial charge is 0.315 e. The maximum atomic E-state index is 11.9. The zero-order valence-corrected chi connectivity index (χ0v) is 14.7. The third-order valence-corrected chi connectivity index (χ3v) is 3.66. The Labute approximate surface area is 148 Å². The zero-order chi connectivity index (χ0) is 17.9. The van der Waals surface area contributed by atoms with Crippen LogP contribution >= 0.6 is 0 Å². The Bertz CT molecular complexity index is 634. The van der Waals surface area contributed by atoms with Gasteiger partial charge in [0.15, 0.2) is 0 Å². The number of carbonyl (C=O) groups is 1. The predicted octanol–water partition coefficient (Wildman–Crippen LogP) is 2.22. The molecular weight excluding hydrogens is 318 g/mol. The number of rotatable bonds is 9. The molecule has 0 aliphatic heterocycles. The van der Waals surface area contributed by atoms with Crippen LogP contribution in [0.5, 0.6) is 5.75 Å². The van der Waals surface area contributed by atoms with Gasteiger partial charge in [-0.3, -0.25) is 0 Å². The lowest BCUT2D eigenvalue weighted by molar-refractivity contribution is 0.237. The van der Waals surface area contributed by atoms with Gasteiger partial charge in [-0.25, -0.2) is 14.8 Å². The molecule has 7 heteroatoms. The van der Waals surface area contributed by atoms with Crippen LogP contribution in [0.3, 0.4) is 0 Å². The van der Waals surface area contributed by atoms with Crippen LogP contribution in [0, 0.1) is 0 Å². The van der Waals surface area contributed by atoms with Crippen LogP contribution in [0.25, 0.3) is 0 Å². The topological polar surface area (TPSA) is 88.2 Å². The largest absolute Gasteiger partial charge is 0.497 e. The molecule has 0 bridgehead atoms. The summed E-state index contributed by atoms with van der Waals surface area (Å²) in [5.41, 5.74) is 1.22. The molecule has 0 saturated heterocycles. The minimum atomic E-state index is -0.169. The quantitative estimate of drug-likeness (QED) is 0.608. The molecule has 0 fully saturated rings. The monoisotopic (exact) mass is 343 g/mol. The van der Waals surface area contributed by atoms with Crippen molar-refractivity contribution in [1.29, 1.82) is 0 Å². The average molecular weight is 343 g/mol. The molecule has 2 aromatic rings. The van der Waals surface area contributed by atoms with Crippen molar-refractivity contribution in [3.05, 3.63) is 48.3 Å². The van der Waals surface area contributed by atoms with Crippen molar-refractivity contribution in [3.63, 3.8) is 0 Å². The lowest BCUT2D eigenvalue weighted by Gasteiger charge is -2.15. The van der Waals surface area contributed by atoms with Gasteiger partial charge < -0.3 is 20.7 Å². The van der Waals surface area contributed by atoms with Crippen LogP contribution in [0.4, 0.5) is 10.7 Å². The number of ether oxygens (including phenoxy) is 1. The van der Waals surface area contributed by atoms with Gasteiger partial charge in [-0.15, -0.1) is 0 Å². The number of benzene rings is 1. The third kappa shape index (κ3) is 7.07. The highest BCUT2D eigenvalue weighted by molar-refractivity contribution is 5.74. The van der Waals surface area contributed by atoms with Crippen molar-refractivity contribution in [2.75, 3.05) is 25.5 Å². The molecule has 1 heterocycles. The van der Waals surface area contributed by atoms with Crippen LogP contribution in [0.1, 0.15) is 18.9 Å². The lowest BCUT2D eigenvalue weighted by Crippen LogP contribution is -2.42. The first kappa shape index (κ1) is 18.5. The van der Waals surface area contributed by atoms with E-state index in [0.717, 1.165) is 18.6 Å². The number of aryl methyl sites for hydroxylation is 1. The molecule has 1 aromatic carbocycles. The number of methoxy groups -OCH3 is 1. The standard InChI is InChI=1S/C18H25N5O2/c1-14(4-5-15-6-8-16(25-2)9-7-15)23-18(24)22-13-12-21-17-19-10-3-11-20-17/h3,6-11,14H,4-5,12-13H2,1-2H3,(H,19,20,21)(H2,22,23,24)/t14-/m0/s1. The van der Waals surface area contributed by atoms with E-state index in [1.807, 2.05) is 31.2 Å². The van der Waals surface area contributed by atoms with Crippen molar-refractivity contribution in [2.45, 2.75) is 25.8 Å². The summed E-state index contributed by atoms with van der Waals surface area (Å²) in [7, 11) is 1.65. The highest BCUT2D eigenvalue weighted by Crippen LogP contribution is 2.13. The van der Waals surface area contributed by atoms with Crippen LogP contribution in [-0.2, 0) is 6.42 Å². The van der Waals surface area contributed by atoms with Gasteiger partial charge in [0.05, 0.1) is 7.11 Å². The second-order valence-electron chi connectivity index (χ2n) is 5.69. The average Bonchev–Trinajstić information content (AvgIpc) is 2.65. The molecule has 0 radical (unpaired) electrons. The molecule has 25 heavy (non-hydrogen) atoms. The molecule has 1 aromatic heterocycles. The number of nitrogens with zero attached hydrogens (tertiary/aromatic N) is 2. The van der Waals surface area contributed by atoms with Crippen molar-refractivity contribution in [1.82, 2.24) is 20.6 Å². The fourth-order valence-corrected chi connectivity index (χ4v) is 2.26. The van der Waals surface area contributed by atoms with Gasteiger partial charge in [0.25, 0.3) is 0 Å². The van der Waals surface area contributed by atoms with Crippen molar-refractivity contribution in [2.24, 2.45) is 0 Å². The van der Waals surface area contributed by atoms with E-state index >= 15 is 0 Å². The Balaban J connectivity index is 1.59. The van der Waals surface area contributed by atoms with E-state index in [2.05, 4.69) is 25.9 Å². The van der Waals surface area contributed by atoms with Gasteiger partial charge in [0.2, 0.25) is 5.95 Å². The third-order valence-electron chi connectivity index (χ3n) is 3.66. The molecule has 0 unspecified atom stereocenters. The number of hydrogen-bond donors (Lipinski definition) is 3. The maximum absolute atomic E-state index is 11.9. The molecule has 0 saturated carbocycles. The fraction of sp³-hybridized carbons (Fsp3) is 0.389. The number of nitrogens with one attached hydrogen (secondary N) is 3. The SMILES string of the molecule is COc1ccc(CC[C@H](C)NC(=O)NCCNc2ncccn2)cc1. The summed E-state index contributed by atoms with van der Waals surface area (Å²) in [5, 5.41) is 8.78. The summed E-state index contributed by atoms with van der Waals surface area (Å²) in [6.45, 7) is 3.06. The van der Waals surface area contributed by atoms with E-state index in [9.17, 15) is 4.79 Å². The van der Waals surface area contributed by atoms with Crippen molar-refractivity contribution < 1.29 is 9.53 Å². The summed E-state index contributed by atoms with van der Waals surface area (Å²) < 4.78 is 5.14. The van der Waals surface area contributed by atoms with E-state index in [1.165, 1.54) is 5.56 Å². The summed E-state index contributed by atoms with van der Waals surface area (Å²) >= 11 is 0. The summed E-state index contributed by atoms with van der Waals surface area (Å²) in [6, 6.07) is 9.66. The number of carbonyl (C=O) groups excluding carboxylic acids is 1. The van der Waals surface area contributed by atoms with Gasteiger partial charge in [0, 0.05) is 31.5 Å². The van der Waals surface area contributed by atoms with E-state index in [0.29, 0.717) is 19.0 Å². The summed E-state index contributed by atoms with van der Waals surface area (Å²) in [6.07, 6.45) is 5.11. The highest BCUT2D eigenvalue weighted by atomic mass is 16.5. The highest BCUT2D eigenvalue weighted by Gasteiger charge is 2.07. The minimum absolute atomic E-state index is 0.0903. The number of amides is 2. The van der Waals surface area contributed by atoms with E-state index < -0.39 is 0 Å². The van der Waals surface area contributed by atoms with Crippen molar-refractivity contribution >= 4 is 12.0 Å². The van der Waals surface area contributed by atoms with Gasteiger partial charge in [-0.05, 0) is 43.5 Å². The molecule has 0 spiro atoms. The molecule has 0 aliphatic carbocycles. The summed E-state index contributed by atoms with van der Waals surface area (Å²) in [5.74, 6) is 1.40. The molecule has 1 atom stereocenters. The molecule has 2 amide bonds. The first-order valence-corrected chi connectivity index (χ1v) is 8.35. The van der Waals surface area contributed by atoms with Gasteiger partial charge in [-0.2, -0.15) is 0 Å². The van der Waals surface area contributed by atoms with Crippen LogP contribution in [-0.4, -0.2) is 42.2 Å². The zero-order valence-electron chi connectivity index (χ0n) is 14.7. The predicted molar refractivity (Wildman–Crippen MR) is 97.8 cm³/mol. The Morgan fingerprint density at radius 3 is 2.56 bits per heavy atom. The van der Waals surface area contributed by atoms with Crippen LogP contribution in [0.15, 0.2) is 42.7 Å². The molecule has 134 valence electrons. The number of hydrogen-bond acceptors (Lipinski definition) is 5. The van der Waals surface area contributed by atoms with Gasteiger partial charge in [-0.1, -0.05) is 12.1 Å². The van der Waals surface area contributed by atoms with E-state index in [-0.39, 0.29) is 12.1 Å². The molecule has 0 aliphatic rings. The van der Waals surface area contributed by atoms with Crippen LogP contribution in [0.2, 0.25) is 0 Å². The number of anilines is 1.